The number of benzene rings is 2. The molecule has 1 N–H and O–H groups in total. The normalized spacial score (nSPS) is 13.4. The van der Waals surface area contributed by atoms with Crippen molar-refractivity contribution in [1.29, 1.82) is 0 Å². The largest absolute Gasteiger partial charge is 0.416 e. The highest BCUT2D eigenvalue weighted by atomic mass is 35.5. The molecule has 144 valence electrons. The monoisotopic (exact) mass is 423 g/mol. The molecule has 0 unspecified atom stereocenters. The highest BCUT2D eigenvalue weighted by molar-refractivity contribution is 7.98. The molecule has 0 bridgehead atoms. The van der Waals surface area contributed by atoms with Gasteiger partial charge in [-0.15, -0.1) is 0 Å². The lowest BCUT2D eigenvalue weighted by atomic mass is 10.1. The number of amides is 1. The SMILES string of the molecule is O=C(Nc1c2c(nn1-c1cccc(Cl)c1)CSC2)c1cccc(C(F)(F)F)c1. The van der Waals surface area contributed by atoms with Crippen LogP contribution in [0.3, 0.4) is 0 Å². The Morgan fingerprint density at radius 3 is 2.68 bits per heavy atom. The van der Waals surface area contributed by atoms with Gasteiger partial charge in [-0.25, -0.2) is 4.68 Å². The number of carbonyl (C=O) groups is 1. The molecule has 28 heavy (non-hydrogen) atoms. The van der Waals surface area contributed by atoms with Gasteiger partial charge in [-0.3, -0.25) is 4.79 Å². The summed E-state index contributed by atoms with van der Waals surface area (Å²) >= 11 is 7.72. The minimum absolute atomic E-state index is 0.0759. The van der Waals surface area contributed by atoms with Crippen LogP contribution in [-0.4, -0.2) is 15.7 Å². The highest BCUT2D eigenvalue weighted by Gasteiger charge is 2.31. The molecule has 0 aliphatic carbocycles. The maximum Gasteiger partial charge on any atom is 0.416 e. The number of carbonyl (C=O) groups excluding carboxylic acids is 1. The summed E-state index contributed by atoms with van der Waals surface area (Å²) in [5.74, 6) is 1.18. The quantitative estimate of drug-likeness (QED) is 0.601. The lowest BCUT2D eigenvalue weighted by Gasteiger charge is -2.12. The van der Waals surface area contributed by atoms with Crippen LogP contribution in [-0.2, 0) is 17.7 Å². The third-order valence-electron chi connectivity index (χ3n) is 4.29. The zero-order valence-corrected chi connectivity index (χ0v) is 15.8. The van der Waals surface area contributed by atoms with Gasteiger partial charge in [0, 0.05) is 27.7 Å². The van der Waals surface area contributed by atoms with Gasteiger partial charge in [-0.1, -0.05) is 23.7 Å². The molecule has 0 fully saturated rings. The first-order valence-electron chi connectivity index (χ1n) is 8.26. The molecule has 0 saturated carbocycles. The van der Waals surface area contributed by atoms with Crippen molar-refractivity contribution in [3.8, 4) is 5.69 Å². The maximum atomic E-state index is 13.0. The zero-order valence-electron chi connectivity index (χ0n) is 14.3. The molecule has 4 rings (SSSR count). The summed E-state index contributed by atoms with van der Waals surface area (Å²) in [5.41, 5.74) is 1.42. The number of fused-ring (bicyclic) bond motifs is 1. The summed E-state index contributed by atoms with van der Waals surface area (Å²) in [4.78, 5) is 12.7. The van der Waals surface area contributed by atoms with Crippen molar-refractivity contribution in [2.24, 2.45) is 0 Å². The molecule has 0 atom stereocenters. The van der Waals surface area contributed by atoms with Gasteiger partial charge >= 0.3 is 6.18 Å². The van der Waals surface area contributed by atoms with E-state index in [9.17, 15) is 18.0 Å². The molecular weight excluding hydrogens is 411 g/mol. The molecule has 2 heterocycles. The van der Waals surface area contributed by atoms with Crippen LogP contribution in [0.5, 0.6) is 0 Å². The maximum absolute atomic E-state index is 13.0. The summed E-state index contributed by atoms with van der Waals surface area (Å²) in [6.45, 7) is 0. The highest BCUT2D eigenvalue weighted by Crippen LogP contribution is 2.37. The molecule has 1 aromatic heterocycles. The summed E-state index contributed by atoms with van der Waals surface area (Å²) < 4.78 is 40.4. The first-order valence-corrected chi connectivity index (χ1v) is 9.79. The molecule has 0 saturated heterocycles. The number of nitrogens with zero attached hydrogens (tertiary/aromatic N) is 2. The molecule has 0 spiro atoms. The third kappa shape index (κ3) is 3.62. The van der Waals surface area contributed by atoms with E-state index in [4.69, 9.17) is 11.6 Å². The Morgan fingerprint density at radius 2 is 1.93 bits per heavy atom. The van der Waals surface area contributed by atoms with Crippen LogP contribution in [0.15, 0.2) is 48.5 Å². The fourth-order valence-corrected chi connectivity index (χ4v) is 4.17. The van der Waals surface area contributed by atoms with Crippen LogP contribution in [0.1, 0.15) is 27.2 Å². The molecule has 2 aromatic carbocycles. The number of anilines is 1. The van der Waals surface area contributed by atoms with Gasteiger partial charge in [-0.2, -0.15) is 30.0 Å². The number of alkyl halides is 3. The third-order valence-corrected chi connectivity index (χ3v) is 5.49. The Labute approximate surface area is 167 Å². The lowest BCUT2D eigenvalue weighted by molar-refractivity contribution is -0.137. The fourth-order valence-electron chi connectivity index (χ4n) is 2.95. The van der Waals surface area contributed by atoms with Gasteiger partial charge in [0.15, 0.2) is 0 Å². The van der Waals surface area contributed by atoms with Crippen molar-refractivity contribution in [2.75, 3.05) is 5.32 Å². The van der Waals surface area contributed by atoms with Crippen molar-refractivity contribution in [3.05, 3.63) is 75.9 Å². The number of hydrogen-bond acceptors (Lipinski definition) is 3. The van der Waals surface area contributed by atoms with E-state index in [1.807, 2.05) is 0 Å². The van der Waals surface area contributed by atoms with E-state index in [0.717, 1.165) is 23.4 Å². The van der Waals surface area contributed by atoms with Gasteiger partial charge in [0.25, 0.3) is 5.91 Å². The van der Waals surface area contributed by atoms with Crippen LogP contribution in [0.4, 0.5) is 19.0 Å². The Morgan fingerprint density at radius 1 is 1.14 bits per heavy atom. The number of halogens is 4. The molecular formula is C19H13ClF3N3OS. The fraction of sp³-hybridized carbons (Fsp3) is 0.158. The van der Waals surface area contributed by atoms with Crippen molar-refractivity contribution in [2.45, 2.75) is 17.7 Å². The predicted molar refractivity (Wildman–Crippen MR) is 103 cm³/mol. The van der Waals surface area contributed by atoms with Crippen LogP contribution in [0.25, 0.3) is 5.69 Å². The number of thioether (sulfide) groups is 1. The Balaban J connectivity index is 1.71. The Hall–Kier alpha value is -2.45. The first kappa shape index (κ1) is 18.9. The molecule has 0 radical (unpaired) electrons. The van der Waals surface area contributed by atoms with Crippen molar-refractivity contribution in [3.63, 3.8) is 0 Å². The van der Waals surface area contributed by atoms with E-state index < -0.39 is 17.6 Å². The summed E-state index contributed by atoms with van der Waals surface area (Å²) in [6.07, 6.45) is -4.52. The second kappa shape index (κ2) is 7.18. The molecule has 4 nitrogen and oxygen atoms in total. The average Bonchev–Trinajstić information content (AvgIpc) is 3.24. The van der Waals surface area contributed by atoms with E-state index in [1.54, 1.807) is 40.7 Å². The van der Waals surface area contributed by atoms with E-state index in [2.05, 4.69) is 10.4 Å². The molecule has 1 aliphatic rings. The van der Waals surface area contributed by atoms with Crippen LogP contribution in [0.2, 0.25) is 5.02 Å². The van der Waals surface area contributed by atoms with Gasteiger partial charge < -0.3 is 5.32 Å². The van der Waals surface area contributed by atoms with Crippen molar-refractivity contribution in [1.82, 2.24) is 9.78 Å². The lowest BCUT2D eigenvalue weighted by Crippen LogP contribution is -2.17. The summed E-state index contributed by atoms with van der Waals surface area (Å²) in [7, 11) is 0. The number of hydrogen-bond donors (Lipinski definition) is 1. The van der Waals surface area contributed by atoms with Gasteiger partial charge in [0.1, 0.15) is 5.82 Å². The average molecular weight is 424 g/mol. The number of aromatic nitrogens is 2. The first-order chi connectivity index (χ1) is 13.3. The summed E-state index contributed by atoms with van der Waals surface area (Å²) in [5, 5.41) is 7.80. The van der Waals surface area contributed by atoms with Gasteiger partial charge in [-0.05, 0) is 36.4 Å². The topological polar surface area (TPSA) is 46.9 Å². The van der Waals surface area contributed by atoms with E-state index in [-0.39, 0.29) is 5.56 Å². The zero-order chi connectivity index (χ0) is 19.9. The van der Waals surface area contributed by atoms with Crippen molar-refractivity contribution < 1.29 is 18.0 Å². The van der Waals surface area contributed by atoms with E-state index in [0.29, 0.717) is 28.0 Å². The van der Waals surface area contributed by atoms with E-state index >= 15 is 0 Å². The second-order valence-corrected chi connectivity index (χ2v) is 7.61. The van der Waals surface area contributed by atoms with Crippen LogP contribution in [0, 0.1) is 0 Å². The predicted octanol–water partition coefficient (Wildman–Crippen LogP) is 5.54. The molecule has 1 aliphatic heterocycles. The molecule has 3 aromatic rings. The molecule has 1 amide bonds. The minimum Gasteiger partial charge on any atom is -0.306 e. The van der Waals surface area contributed by atoms with Gasteiger partial charge in [0.05, 0.1) is 16.9 Å². The van der Waals surface area contributed by atoms with Crippen molar-refractivity contribution >= 4 is 35.1 Å². The van der Waals surface area contributed by atoms with Crippen LogP contribution >= 0.6 is 23.4 Å². The number of nitrogens with one attached hydrogen (secondary N) is 1. The standard InChI is InChI=1S/C19H13ClF3N3OS/c20-13-5-2-6-14(8-13)26-17(15-9-28-10-16(15)25-26)24-18(27)11-3-1-4-12(7-11)19(21,22)23/h1-8H,9-10H2,(H,24,27). The summed E-state index contributed by atoms with van der Waals surface area (Å²) in [6, 6.07) is 11.3. The van der Waals surface area contributed by atoms with E-state index in [1.165, 1.54) is 12.1 Å². The van der Waals surface area contributed by atoms with Crippen LogP contribution < -0.4 is 5.32 Å². The Bertz CT molecular complexity index is 1060. The molecule has 9 heteroatoms. The second-order valence-electron chi connectivity index (χ2n) is 6.19. The smallest absolute Gasteiger partial charge is 0.306 e. The van der Waals surface area contributed by atoms with Gasteiger partial charge in [0.2, 0.25) is 0 Å². The number of rotatable bonds is 3. The Kier molecular flexibility index (Phi) is 4.84. The minimum atomic E-state index is -4.52.